The van der Waals surface area contributed by atoms with Crippen LogP contribution in [0.25, 0.3) is 9.53 Å². The molecule has 5 heterocycles. The van der Waals surface area contributed by atoms with Gasteiger partial charge in [-0.3, -0.25) is 0 Å². The molecule has 0 spiro atoms. The molecule has 152 valence electrons. The highest BCUT2D eigenvalue weighted by atomic mass is 32.1. The average molecular weight is 431 g/mol. The van der Waals surface area contributed by atoms with Gasteiger partial charge in [0, 0.05) is 54.3 Å². The van der Waals surface area contributed by atoms with Crippen LogP contribution < -0.4 is 20.3 Å². The van der Waals surface area contributed by atoms with Crippen molar-refractivity contribution in [3.63, 3.8) is 0 Å². The predicted octanol–water partition coefficient (Wildman–Crippen LogP) is 4.16. The molecule has 0 saturated carbocycles. The SMILES string of the molecule is Cc1nc2scc(N[C@@H]3COc4cc(N5CC6CCC(C5)N6)cc(F)c4C3)c2s1. The van der Waals surface area contributed by atoms with Crippen molar-refractivity contribution in [1.82, 2.24) is 10.3 Å². The van der Waals surface area contributed by atoms with E-state index >= 15 is 4.39 Å². The lowest BCUT2D eigenvalue weighted by atomic mass is 10.0. The zero-order chi connectivity index (χ0) is 19.5. The predicted molar refractivity (Wildman–Crippen MR) is 117 cm³/mol. The summed E-state index contributed by atoms with van der Waals surface area (Å²) in [5.41, 5.74) is 2.72. The van der Waals surface area contributed by atoms with Gasteiger partial charge in [0.1, 0.15) is 23.0 Å². The van der Waals surface area contributed by atoms with Crippen LogP contribution in [0.3, 0.4) is 0 Å². The van der Waals surface area contributed by atoms with Crippen molar-refractivity contribution in [3.8, 4) is 5.75 Å². The Morgan fingerprint density at radius 1 is 1.28 bits per heavy atom. The highest BCUT2D eigenvalue weighted by molar-refractivity contribution is 7.27. The number of nitrogens with one attached hydrogen (secondary N) is 2. The molecule has 2 N–H and O–H groups in total. The molecule has 3 atom stereocenters. The second-order valence-corrected chi connectivity index (χ2v) is 10.4. The number of aryl methyl sites for hydroxylation is 1. The van der Waals surface area contributed by atoms with E-state index in [1.165, 1.54) is 17.5 Å². The summed E-state index contributed by atoms with van der Waals surface area (Å²) in [4.78, 5) is 7.92. The Morgan fingerprint density at radius 2 is 2.10 bits per heavy atom. The van der Waals surface area contributed by atoms with Crippen molar-refractivity contribution in [2.24, 2.45) is 0 Å². The molecule has 2 fully saturated rings. The van der Waals surface area contributed by atoms with Gasteiger partial charge in [0.25, 0.3) is 0 Å². The first-order valence-corrected chi connectivity index (χ1v) is 11.9. The van der Waals surface area contributed by atoms with Gasteiger partial charge in [-0.05, 0) is 25.8 Å². The zero-order valence-corrected chi connectivity index (χ0v) is 17.8. The maximum atomic E-state index is 15.0. The normalized spacial score (nSPS) is 25.9. The van der Waals surface area contributed by atoms with E-state index in [0.717, 1.165) is 34.3 Å². The summed E-state index contributed by atoms with van der Waals surface area (Å²) >= 11 is 3.34. The smallest absolute Gasteiger partial charge is 0.136 e. The van der Waals surface area contributed by atoms with Crippen LogP contribution in [0.2, 0.25) is 0 Å². The second-order valence-electron chi connectivity index (χ2n) is 8.32. The van der Waals surface area contributed by atoms with Crippen molar-refractivity contribution >= 4 is 43.6 Å². The molecule has 2 aromatic heterocycles. The minimum Gasteiger partial charge on any atom is -0.491 e. The summed E-state index contributed by atoms with van der Waals surface area (Å²) in [6.45, 7) is 4.46. The van der Waals surface area contributed by atoms with E-state index in [1.54, 1.807) is 28.7 Å². The summed E-state index contributed by atoms with van der Waals surface area (Å²) in [5.74, 6) is 0.548. The van der Waals surface area contributed by atoms with Crippen molar-refractivity contribution in [3.05, 3.63) is 33.9 Å². The lowest BCUT2D eigenvalue weighted by Gasteiger charge is -2.35. The topological polar surface area (TPSA) is 49.4 Å². The Bertz CT molecular complexity index is 1070. The number of aromatic nitrogens is 1. The van der Waals surface area contributed by atoms with Gasteiger partial charge in [-0.2, -0.15) is 0 Å². The van der Waals surface area contributed by atoms with Gasteiger partial charge in [0.05, 0.1) is 21.4 Å². The summed E-state index contributed by atoms with van der Waals surface area (Å²) in [6, 6.07) is 4.85. The number of thiophene rings is 1. The van der Waals surface area contributed by atoms with Crippen LogP contribution >= 0.6 is 22.7 Å². The number of halogens is 1. The number of anilines is 2. The fourth-order valence-electron chi connectivity index (χ4n) is 4.85. The fourth-order valence-corrected chi connectivity index (χ4v) is 6.87. The Kier molecular flexibility index (Phi) is 4.21. The maximum Gasteiger partial charge on any atom is 0.136 e. The molecule has 2 saturated heterocycles. The van der Waals surface area contributed by atoms with Gasteiger partial charge in [-0.15, -0.1) is 22.7 Å². The zero-order valence-electron chi connectivity index (χ0n) is 16.2. The average Bonchev–Trinajstić information content (AvgIpc) is 3.36. The molecule has 1 aromatic carbocycles. The Labute approximate surface area is 176 Å². The molecule has 6 rings (SSSR count). The van der Waals surface area contributed by atoms with Crippen LogP contribution in [0, 0.1) is 12.7 Å². The molecule has 3 aliphatic heterocycles. The van der Waals surface area contributed by atoms with Gasteiger partial charge in [0.2, 0.25) is 0 Å². The monoisotopic (exact) mass is 430 g/mol. The molecule has 3 aliphatic rings. The van der Waals surface area contributed by atoms with E-state index < -0.39 is 0 Å². The molecule has 0 aliphatic carbocycles. The van der Waals surface area contributed by atoms with E-state index in [4.69, 9.17) is 4.74 Å². The van der Waals surface area contributed by atoms with Crippen molar-refractivity contribution < 1.29 is 9.13 Å². The second kappa shape index (κ2) is 6.82. The van der Waals surface area contributed by atoms with E-state index in [-0.39, 0.29) is 11.9 Å². The highest BCUT2D eigenvalue weighted by Gasteiger charge is 2.33. The first-order chi connectivity index (χ1) is 14.1. The van der Waals surface area contributed by atoms with Crippen LogP contribution in [0.4, 0.5) is 15.8 Å². The molecule has 8 heteroatoms. The molecule has 0 radical (unpaired) electrons. The number of thiazole rings is 1. The van der Waals surface area contributed by atoms with Crippen LogP contribution in [0.5, 0.6) is 5.75 Å². The third-order valence-electron chi connectivity index (χ3n) is 6.21. The Hall–Kier alpha value is -1.90. The molecule has 2 bridgehead atoms. The summed E-state index contributed by atoms with van der Waals surface area (Å²) in [6.07, 6.45) is 3.06. The fraction of sp³-hybridized carbons (Fsp3) is 0.476. The summed E-state index contributed by atoms with van der Waals surface area (Å²) in [7, 11) is 0. The number of benzene rings is 1. The van der Waals surface area contributed by atoms with Crippen molar-refractivity contribution in [2.45, 2.75) is 44.3 Å². The first-order valence-electron chi connectivity index (χ1n) is 10.2. The van der Waals surface area contributed by atoms with E-state index in [1.807, 2.05) is 13.0 Å². The van der Waals surface area contributed by atoms with Crippen LogP contribution in [0.1, 0.15) is 23.4 Å². The molecular weight excluding hydrogens is 407 g/mol. The largest absolute Gasteiger partial charge is 0.491 e. The first kappa shape index (κ1) is 17.9. The van der Waals surface area contributed by atoms with Gasteiger partial charge in [-0.25, -0.2) is 9.37 Å². The molecule has 5 nitrogen and oxygen atoms in total. The number of rotatable bonds is 3. The van der Waals surface area contributed by atoms with Crippen LogP contribution in [0.15, 0.2) is 17.5 Å². The summed E-state index contributed by atoms with van der Waals surface area (Å²) < 4.78 is 22.3. The standard InChI is InChI=1S/C21H23FN4OS2/c1-11-23-21-20(29-11)18(10-28-21)25-14-4-16-17(22)5-15(6-19(16)27-9-14)26-7-12-2-3-13(8-26)24-12/h5-6,10,12-14,24-25H,2-4,7-9H2,1H3/t12?,13?,14-/m0/s1. The van der Waals surface area contributed by atoms with Crippen molar-refractivity contribution in [1.29, 1.82) is 0 Å². The lowest BCUT2D eigenvalue weighted by Crippen LogP contribution is -2.51. The van der Waals surface area contributed by atoms with Crippen LogP contribution in [-0.4, -0.2) is 42.8 Å². The molecule has 29 heavy (non-hydrogen) atoms. The number of fused-ring (bicyclic) bond motifs is 4. The minimum absolute atomic E-state index is 0.0538. The lowest BCUT2D eigenvalue weighted by molar-refractivity contribution is 0.268. The number of hydrogen-bond acceptors (Lipinski definition) is 7. The number of nitrogens with zero attached hydrogens (tertiary/aromatic N) is 2. The maximum absolute atomic E-state index is 15.0. The number of hydrogen-bond donors (Lipinski definition) is 2. The Balaban J connectivity index is 1.22. The third-order valence-corrected chi connectivity index (χ3v) is 8.21. The van der Waals surface area contributed by atoms with Gasteiger partial charge < -0.3 is 20.3 Å². The quantitative estimate of drug-likeness (QED) is 0.653. The van der Waals surface area contributed by atoms with E-state index in [0.29, 0.717) is 36.4 Å². The van der Waals surface area contributed by atoms with Gasteiger partial charge in [0.15, 0.2) is 0 Å². The Morgan fingerprint density at radius 3 is 2.93 bits per heavy atom. The van der Waals surface area contributed by atoms with E-state index in [9.17, 15) is 0 Å². The highest BCUT2D eigenvalue weighted by Crippen LogP contribution is 2.38. The molecule has 3 aromatic rings. The van der Waals surface area contributed by atoms with Crippen LogP contribution in [-0.2, 0) is 6.42 Å². The summed E-state index contributed by atoms with van der Waals surface area (Å²) in [5, 5.41) is 10.4. The third kappa shape index (κ3) is 3.17. The number of piperazine rings is 1. The molecular formula is C21H23FN4OS2. The van der Waals surface area contributed by atoms with Gasteiger partial charge >= 0.3 is 0 Å². The van der Waals surface area contributed by atoms with Crippen molar-refractivity contribution in [2.75, 3.05) is 29.9 Å². The van der Waals surface area contributed by atoms with E-state index in [2.05, 4.69) is 25.9 Å². The minimum atomic E-state index is -0.154. The number of ether oxygens (including phenoxy) is 1. The molecule has 2 unspecified atom stereocenters. The molecule has 0 amide bonds. The van der Waals surface area contributed by atoms with Gasteiger partial charge in [-0.1, -0.05) is 0 Å².